The highest BCUT2D eigenvalue weighted by Gasteiger charge is 2.43. The van der Waals surface area contributed by atoms with E-state index in [-0.39, 0.29) is 35.4 Å². The first kappa shape index (κ1) is 18.8. The van der Waals surface area contributed by atoms with E-state index in [0.717, 1.165) is 41.7 Å². The number of amides is 1. The van der Waals surface area contributed by atoms with E-state index in [4.69, 9.17) is 11.6 Å². The van der Waals surface area contributed by atoms with Crippen LogP contribution in [0.5, 0.6) is 0 Å². The summed E-state index contributed by atoms with van der Waals surface area (Å²) in [5.74, 6) is -1.02. The first-order valence-electron chi connectivity index (χ1n) is 9.25. The number of alkyl halides is 1. The number of hydrogen-bond acceptors (Lipinski definition) is 2. The summed E-state index contributed by atoms with van der Waals surface area (Å²) in [4.78, 5) is 12.5. The van der Waals surface area contributed by atoms with Crippen LogP contribution in [-0.4, -0.2) is 22.5 Å². The Hall–Kier alpha value is -2.53. The van der Waals surface area contributed by atoms with E-state index < -0.39 is 0 Å². The fourth-order valence-electron chi connectivity index (χ4n) is 4.02. The molecule has 2 aromatic rings. The Labute approximate surface area is 167 Å². The van der Waals surface area contributed by atoms with Crippen molar-refractivity contribution in [1.29, 1.82) is 0 Å². The van der Waals surface area contributed by atoms with Gasteiger partial charge in [-0.25, -0.2) is 13.8 Å². The Morgan fingerprint density at radius 2 is 1.75 bits per heavy atom. The molecule has 6 heteroatoms. The van der Waals surface area contributed by atoms with Gasteiger partial charge in [0.2, 0.25) is 0 Å². The molecule has 0 spiro atoms. The van der Waals surface area contributed by atoms with E-state index >= 15 is 0 Å². The molecule has 1 aliphatic heterocycles. The summed E-state index contributed by atoms with van der Waals surface area (Å²) in [6.45, 7) is 0. The second-order valence-electron chi connectivity index (χ2n) is 7.07. The molecule has 1 amide bonds. The quantitative estimate of drug-likeness (QED) is 0.641. The normalized spacial score (nSPS) is 22.9. The number of hydrogen-bond donors (Lipinski definition) is 0. The molecule has 4 rings (SSSR count). The Balaban J connectivity index is 1.73. The predicted octanol–water partition coefficient (Wildman–Crippen LogP) is 5.33. The molecule has 144 valence electrons. The van der Waals surface area contributed by atoms with Crippen molar-refractivity contribution in [2.75, 3.05) is 5.88 Å². The van der Waals surface area contributed by atoms with Crippen molar-refractivity contribution < 1.29 is 13.6 Å². The summed E-state index contributed by atoms with van der Waals surface area (Å²) in [6, 6.07) is 12.2. The zero-order valence-corrected chi connectivity index (χ0v) is 15.9. The smallest absolute Gasteiger partial charge is 0.258 e. The molecular weight excluding hydrogens is 382 g/mol. The van der Waals surface area contributed by atoms with Crippen LogP contribution in [0, 0.1) is 17.6 Å². The molecule has 0 saturated heterocycles. The summed E-state index contributed by atoms with van der Waals surface area (Å²) in [7, 11) is 0. The van der Waals surface area contributed by atoms with Crippen molar-refractivity contribution >= 4 is 29.3 Å². The van der Waals surface area contributed by atoms with Crippen molar-refractivity contribution in [3.63, 3.8) is 0 Å². The van der Waals surface area contributed by atoms with E-state index in [1.54, 1.807) is 24.3 Å². The number of rotatable bonds is 3. The summed E-state index contributed by atoms with van der Waals surface area (Å²) in [5.41, 5.74) is 3.63. The molecule has 0 aromatic heterocycles. The third-order valence-corrected chi connectivity index (χ3v) is 5.52. The van der Waals surface area contributed by atoms with Gasteiger partial charge in [0.05, 0.1) is 11.8 Å². The molecule has 2 aliphatic rings. The van der Waals surface area contributed by atoms with Crippen LogP contribution in [0.2, 0.25) is 0 Å². The number of benzene rings is 2. The number of nitrogens with zero attached hydrogens (tertiary/aromatic N) is 2. The minimum absolute atomic E-state index is 0.0260. The number of allylic oxidation sites excluding steroid dienone is 1. The molecule has 1 fully saturated rings. The number of carbonyl (C=O) groups is 1. The van der Waals surface area contributed by atoms with Gasteiger partial charge in [-0.2, -0.15) is 5.10 Å². The lowest BCUT2D eigenvalue weighted by atomic mass is 9.77. The number of halogens is 3. The average Bonchev–Trinajstić information content (AvgIpc) is 3.10. The van der Waals surface area contributed by atoms with Crippen molar-refractivity contribution in [3.8, 4) is 0 Å². The summed E-state index contributed by atoms with van der Waals surface area (Å²) in [5, 5.41) is 6.08. The topological polar surface area (TPSA) is 32.7 Å². The van der Waals surface area contributed by atoms with E-state index in [0.29, 0.717) is 0 Å². The van der Waals surface area contributed by atoms with Gasteiger partial charge in [-0.15, -0.1) is 11.6 Å². The number of hydrazone groups is 1. The summed E-state index contributed by atoms with van der Waals surface area (Å²) >= 11 is 5.82. The van der Waals surface area contributed by atoms with Crippen LogP contribution in [0.4, 0.5) is 8.78 Å². The molecule has 1 aliphatic carbocycles. The monoisotopic (exact) mass is 400 g/mol. The number of carbonyl (C=O) groups excluding carboxylic acids is 1. The molecule has 0 unspecified atom stereocenters. The van der Waals surface area contributed by atoms with Gasteiger partial charge in [0, 0.05) is 5.92 Å². The lowest BCUT2D eigenvalue weighted by Crippen LogP contribution is -2.32. The van der Waals surface area contributed by atoms with Crippen LogP contribution in [-0.2, 0) is 4.79 Å². The van der Waals surface area contributed by atoms with Crippen molar-refractivity contribution in [2.45, 2.75) is 25.3 Å². The molecule has 1 heterocycles. The third-order valence-electron chi connectivity index (χ3n) is 5.29. The first-order valence-corrected chi connectivity index (χ1v) is 9.79. The standard InChI is InChI=1S/C22H19ClF2N2O/c23-13-20(28)27-22(15-6-10-18(25)11-7-15)19-3-1-2-16(21(19)26-27)12-14-4-8-17(24)9-5-14/h4-12,19,22H,1-3,13H2/b16-12-/t19-,22+/m1/s1. The summed E-state index contributed by atoms with van der Waals surface area (Å²) < 4.78 is 26.6. The fraction of sp³-hybridized carbons (Fsp3) is 0.273. The Bertz CT molecular complexity index is 938. The largest absolute Gasteiger partial charge is 0.272 e. The van der Waals surface area contributed by atoms with Gasteiger partial charge in [0.25, 0.3) is 5.91 Å². The predicted molar refractivity (Wildman–Crippen MR) is 106 cm³/mol. The highest BCUT2D eigenvalue weighted by Crippen LogP contribution is 2.44. The van der Waals surface area contributed by atoms with Crippen LogP contribution in [0.1, 0.15) is 36.4 Å². The van der Waals surface area contributed by atoms with E-state index in [1.807, 2.05) is 6.08 Å². The molecule has 28 heavy (non-hydrogen) atoms. The van der Waals surface area contributed by atoms with Gasteiger partial charge < -0.3 is 0 Å². The lowest BCUT2D eigenvalue weighted by Gasteiger charge is -2.29. The molecule has 3 nitrogen and oxygen atoms in total. The fourth-order valence-corrected chi connectivity index (χ4v) is 4.14. The van der Waals surface area contributed by atoms with Gasteiger partial charge in [0.1, 0.15) is 17.5 Å². The Morgan fingerprint density at radius 3 is 2.39 bits per heavy atom. The molecule has 0 radical (unpaired) electrons. The van der Waals surface area contributed by atoms with Gasteiger partial charge >= 0.3 is 0 Å². The molecule has 1 saturated carbocycles. The van der Waals surface area contributed by atoms with Crippen LogP contribution in [0.3, 0.4) is 0 Å². The SMILES string of the molecule is O=C(CCl)N1N=C2/C(=C\c3ccc(F)cc3)CCC[C@H]2[C@@H]1c1ccc(F)cc1. The Morgan fingerprint density at radius 1 is 1.11 bits per heavy atom. The Kier molecular flexibility index (Phi) is 5.27. The maximum atomic E-state index is 13.4. The minimum Gasteiger partial charge on any atom is -0.272 e. The van der Waals surface area contributed by atoms with Crippen molar-refractivity contribution in [2.24, 2.45) is 11.0 Å². The van der Waals surface area contributed by atoms with E-state index in [9.17, 15) is 13.6 Å². The van der Waals surface area contributed by atoms with Crippen LogP contribution >= 0.6 is 11.6 Å². The highest BCUT2D eigenvalue weighted by atomic mass is 35.5. The van der Waals surface area contributed by atoms with Gasteiger partial charge in [0.15, 0.2) is 0 Å². The van der Waals surface area contributed by atoms with Crippen LogP contribution in [0.15, 0.2) is 59.2 Å². The maximum Gasteiger partial charge on any atom is 0.258 e. The first-order chi connectivity index (χ1) is 13.6. The maximum absolute atomic E-state index is 13.4. The second-order valence-corrected chi connectivity index (χ2v) is 7.34. The zero-order chi connectivity index (χ0) is 19.7. The van der Waals surface area contributed by atoms with Crippen LogP contribution < -0.4 is 0 Å². The van der Waals surface area contributed by atoms with Gasteiger partial charge in [-0.3, -0.25) is 4.79 Å². The van der Waals surface area contributed by atoms with Gasteiger partial charge in [-0.1, -0.05) is 24.3 Å². The van der Waals surface area contributed by atoms with Crippen LogP contribution in [0.25, 0.3) is 6.08 Å². The molecule has 0 N–H and O–H groups in total. The van der Waals surface area contributed by atoms with Crippen molar-refractivity contribution in [3.05, 3.63) is 76.9 Å². The minimum atomic E-state index is -0.321. The van der Waals surface area contributed by atoms with Crippen molar-refractivity contribution in [1.82, 2.24) is 5.01 Å². The second kappa shape index (κ2) is 7.84. The van der Waals surface area contributed by atoms with E-state index in [2.05, 4.69) is 5.10 Å². The zero-order valence-electron chi connectivity index (χ0n) is 15.1. The van der Waals surface area contributed by atoms with Gasteiger partial charge in [-0.05, 0) is 66.3 Å². The third kappa shape index (κ3) is 3.59. The number of fused-ring (bicyclic) bond motifs is 1. The van der Waals surface area contributed by atoms with E-state index in [1.165, 1.54) is 29.3 Å². The highest BCUT2D eigenvalue weighted by molar-refractivity contribution is 6.27. The molecular formula is C22H19ClF2N2O. The average molecular weight is 401 g/mol. The summed E-state index contributed by atoms with van der Waals surface area (Å²) in [6.07, 6.45) is 4.68. The lowest BCUT2D eigenvalue weighted by molar-refractivity contribution is -0.130. The molecule has 2 aromatic carbocycles. The molecule has 2 atom stereocenters. The molecule has 0 bridgehead atoms.